The molecular weight excluding hydrogens is 179 g/mol. The molecule has 0 N–H and O–H groups in total. The van der Waals surface area contributed by atoms with Crippen molar-refractivity contribution in [2.24, 2.45) is 0 Å². The van der Waals surface area contributed by atoms with Crippen LogP contribution >= 0.6 is 0 Å². The monoisotopic (exact) mass is 190 g/mol. The lowest BCUT2D eigenvalue weighted by Crippen LogP contribution is -2.24. The number of alkyl halides is 5. The van der Waals surface area contributed by atoms with Crippen molar-refractivity contribution in [2.75, 3.05) is 0 Å². The normalized spacial score (nSPS) is 15.2. The summed E-state index contributed by atoms with van der Waals surface area (Å²) in [6.45, 7) is 1.39. The van der Waals surface area contributed by atoms with E-state index in [1.165, 1.54) is 6.92 Å². The first kappa shape index (κ1) is 11.6. The molecule has 0 bridgehead atoms. The van der Waals surface area contributed by atoms with Crippen LogP contribution in [0.5, 0.6) is 0 Å². The third kappa shape index (κ3) is 5.32. The highest BCUT2D eigenvalue weighted by molar-refractivity contribution is 4.71. The quantitative estimate of drug-likeness (QED) is 0.582. The summed E-state index contributed by atoms with van der Waals surface area (Å²) in [5, 5.41) is 0. The van der Waals surface area contributed by atoms with Crippen molar-refractivity contribution in [3.05, 3.63) is 0 Å². The fourth-order valence-corrected chi connectivity index (χ4v) is 0.777. The third-order valence-corrected chi connectivity index (χ3v) is 1.42. The van der Waals surface area contributed by atoms with E-state index in [1.807, 2.05) is 0 Å². The van der Waals surface area contributed by atoms with Gasteiger partial charge in [-0.3, -0.25) is 0 Å². The second-order valence-electron chi connectivity index (χ2n) is 2.66. The number of hydrogen-bond acceptors (Lipinski definition) is 0. The summed E-state index contributed by atoms with van der Waals surface area (Å²) in [6, 6.07) is 0. The summed E-state index contributed by atoms with van der Waals surface area (Å²) in [7, 11) is 0. The highest BCUT2D eigenvalue weighted by atomic mass is 19.3. The van der Waals surface area contributed by atoms with E-state index in [0.29, 0.717) is 0 Å². The Bertz CT molecular complexity index is 123. The summed E-state index contributed by atoms with van der Waals surface area (Å²) >= 11 is 0. The molecule has 0 amide bonds. The predicted molar refractivity (Wildman–Crippen MR) is 35.4 cm³/mol. The van der Waals surface area contributed by atoms with E-state index < -0.39 is 31.4 Å². The molecule has 0 spiro atoms. The molecule has 0 nitrogen and oxygen atoms in total. The van der Waals surface area contributed by atoms with E-state index in [0.717, 1.165) is 0 Å². The smallest absolute Gasteiger partial charge is 0.247 e. The van der Waals surface area contributed by atoms with Gasteiger partial charge in [0.1, 0.15) is 6.17 Å². The minimum absolute atomic E-state index is 0.0706. The molecule has 12 heavy (non-hydrogen) atoms. The van der Waals surface area contributed by atoms with Crippen molar-refractivity contribution in [2.45, 2.75) is 44.7 Å². The van der Waals surface area contributed by atoms with Crippen LogP contribution in [0.25, 0.3) is 0 Å². The highest BCUT2D eigenvalue weighted by Gasteiger charge is 2.35. The van der Waals surface area contributed by atoms with Crippen LogP contribution in [0.1, 0.15) is 26.2 Å². The minimum atomic E-state index is -3.58. The van der Waals surface area contributed by atoms with Crippen LogP contribution in [0.4, 0.5) is 22.0 Å². The third-order valence-electron chi connectivity index (χ3n) is 1.42. The lowest BCUT2D eigenvalue weighted by molar-refractivity contribution is -0.0733. The van der Waals surface area contributed by atoms with E-state index in [1.54, 1.807) is 0 Å². The van der Waals surface area contributed by atoms with Gasteiger partial charge < -0.3 is 0 Å². The second kappa shape index (κ2) is 4.62. The maximum absolute atomic E-state index is 12.4. The average molecular weight is 190 g/mol. The van der Waals surface area contributed by atoms with Crippen molar-refractivity contribution in [1.82, 2.24) is 0 Å². The molecule has 0 saturated heterocycles. The molecule has 0 aromatic carbocycles. The zero-order valence-electron chi connectivity index (χ0n) is 6.67. The van der Waals surface area contributed by atoms with Gasteiger partial charge >= 0.3 is 0 Å². The maximum atomic E-state index is 12.4. The molecule has 0 aromatic rings. The molecule has 0 saturated carbocycles. The Kier molecular flexibility index (Phi) is 4.49. The molecule has 0 aliphatic heterocycles. The summed E-state index contributed by atoms with van der Waals surface area (Å²) in [6.07, 6.45) is -7.50. The van der Waals surface area contributed by atoms with Crippen molar-refractivity contribution < 1.29 is 22.0 Å². The van der Waals surface area contributed by atoms with Crippen LogP contribution in [0.15, 0.2) is 0 Å². The predicted octanol–water partition coefficient (Wildman–Crippen LogP) is 3.42. The Morgan fingerprint density at radius 1 is 1.08 bits per heavy atom. The Morgan fingerprint density at radius 2 is 1.58 bits per heavy atom. The molecule has 0 fully saturated rings. The largest absolute Gasteiger partial charge is 0.256 e. The second-order valence-corrected chi connectivity index (χ2v) is 2.66. The summed E-state index contributed by atoms with van der Waals surface area (Å²) in [5.41, 5.74) is 0. The molecule has 0 radical (unpaired) electrons. The van der Waals surface area contributed by atoms with Gasteiger partial charge in [0.15, 0.2) is 0 Å². The Balaban J connectivity index is 3.85. The maximum Gasteiger partial charge on any atom is 0.256 e. The van der Waals surface area contributed by atoms with E-state index in [9.17, 15) is 22.0 Å². The van der Waals surface area contributed by atoms with E-state index in [-0.39, 0.29) is 6.42 Å². The molecular formula is C7H11F5. The SMILES string of the molecule is CC[C@H](F)CC(F)(F)CC(F)F. The first-order valence-corrected chi connectivity index (χ1v) is 3.67. The minimum Gasteiger partial charge on any atom is -0.247 e. The molecule has 0 unspecified atom stereocenters. The molecule has 0 aromatic heterocycles. The van der Waals surface area contributed by atoms with Gasteiger partial charge in [-0.05, 0) is 6.42 Å². The zero-order chi connectivity index (χ0) is 9.78. The van der Waals surface area contributed by atoms with Gasteiger partial charge in [0.2, 0.25) is 6.43 Å². The van der Waals surface area contributed by atoms with Crippen molar-refractivity contribution in [3.63, 3.8) is 0 Å². The van der Waals surface area contributed by atoms with Crippen LogP contribution < -0.4 is 0 Å². The number of halogens is 5. The zero-order valence-corrected chi connectivity index (χ0v) is 6.67. The average Bonchev–Trinajstić information content (AvgIpc) is 1.83. The van der Waals surface area contributed by atoms with Gasteiger partial charge in [-0.1, -0.05) is 6.92 Å². The Labute approximate surface area is 67.8 Å². The summed E-state index contributed by atoms with van der Waals surface area (Å²) < 4.78 is 60.1. The van der Waals surface area contributed by atoms with E-state index in [2.05, 4.69) is 0 Å². The number of rotatable bonds is 5. The van der Waals surface area contributed by atoms with Crippen LogP contribution in [-0.2, 0) is 0 Å². The van der Waals surface area contributed by atoms with Gasteiger partial charge in [-0.2, -0.15) is 0 Å². The van der Waals surface area contributed by atoms with Crippen molar-refractivity contribution >= 4 is 0 Å². The Hall–Kier alpha value is -0.350. The molecule has 0 rings (SSSR count). The first-order chi connectivity index (χ1) is 5.37. The summed E-state index contributed by atoms with van der Waals surface area (Å²) in [4.78, 5) is 0. The fourth-order valence-electron chi connectivity index (χ4n) is 0.777. The Morgan fingerprint density at radius 3 is 1.92 bits per heavy atom. The first-order valence-electron chi connectivity index (χ1n) is 3.67. The fraction of sp³-hybridized carbons (Fsp3) is 1.00. The lowest BCUT2D eigenvalue weighted by Gasteiger charge is -2.17. The molecule has 0 aliphatic rings. The number of hydrogen-bond donors (Lipinski definition) is 0. The standard InChI is InChI=1S/C7H11F5/c1-2-5(8)3-7(11,12)4-6(9)10/h5-6H,2-4H2,1H3/t5-/m0/s1. The van der Waals surface area contributed by atoms with Gasteiger partial charge in [-0.25, -0.2) is 22.0 Å². The van der Waals surface area contributed by atoms with Gasteiger partial charge in [-0.15, -0.1) is 0 Å². The highest BCUT2D eigenvalue weighted by Crippen LogP contribution is 2.29. The van der Waals surface area contributed by atoms with Gasteiger partial charge in [0.25, 0.3) is 5.92 Å². The molecule has 0 heterocycles. The van der Waals surface area contributed by atoms with Gasteiger partial charge in [0.05, 0.1) is 6.42 Å². The van der Waals surface area contributed by atoms with Crippen LogP contribution in [-0.4, -0.2) is 18.5 Å². The lowest BCUT2D eigenvalue weighted by atomic mass is 10.1. The van der Waals surface area contributed by atoms with E-state index in [4.69, 9.17) is 0 Å². The van der Waals surface area contributed by atoms with Gasteiger partial charge in [0, 0.05) is 6.42 Å². The van der Waals surface area contributed by atoms with Crippen LogP contribution in [0, 0.1) is 0 Å². The molecule has 5 heteroatoms. The molecule has 0 aliphatic carbocycles. The van der Waals surface area contributed by atoms with Crippen LogP contribution in [0.2, 0.25) is 0 Å². The summed E-state index contributed by atoms with van der Waals surface area (Å²) in [5.74, 6) is -3.58. The topological polar surface area (TPSA) is 0 Å². The van der Waals surface area contributed by atoms with Crippen molar-refractivity contribution in [1.29, 1.82) is 0 Å². The van der Waals surface area contributed by atoms with Crippen LogP contribution in [0.3, 0.4) is 0 Å². The molecule has 1 atom stereocenters. The van der Waals surface area contributed by atoms with Crippen molar-refractivity contribution in [3.8, 4) is 0 Å². The molecule has 74 valence electrons. The van der Waals surface area contributed by atoms with E-state index >= 15 is 0 Å².